The largest absolute Gasteiger partial charge is 0.478 e. The van der Waals surface area contributed by atoms with E-state index < -0.39 is 5.97 Å². The van der Waals surface area contributed by atoms with Crippen LogP contribution in [-0.4, -0.2) is 16.9 Å². The van der Waals surface area contributed by atoms with Gasteiger partial charge in [0.1, 0.15) is 5.84 Å². The van der Waals surface area contributed by atoms with Gasteiger partial charge in [-0.1, -0.05) is 36.4 Å². The van der Waals surface area contributed by atoms with E-state index in [1.54, 1.807) is 12.1 Å². The molecule has 0 radical (unpaired) electrons. The van der Waals surface area contributed by atoms with Gasteiger partial charge in [-0.15, -0.1) is 0 Å². The third kappa shape index (κ3) is 2.94. The van der Waals surface area contributed by atoms with Crippen molar-refractivity contribution in [2.75, 3.05) is 5.32 Å². The zero-order chi connectivity index (χ0) is 20.8. The zero-order valence-corrected chi connectivity index (χ0v) is 16.4. The Kier molecular flexibility index (Phi) is 4.31. The van der Waals surface area contributed by atoms with Crippen molar-refractivity contribution in [3.8, 4) is 0 Å². The predicted octanol–water partition coefficient (Wildman–Crippen LogP) is 4.53. The van der Waals surface area contributed by atoms with E-state index in [1.807, 2.05) is 30.3 Å². The number of amidine groups is 1. The van der Waals surface area contributed by atoms with Gasteiger partial charge in [0, 0.05) is 17.2 Å². The summed E-state index contributed by atoms with van der Waals surface area (Å²) in [6, 6.07) is 21.7. The van der Waals surface area contributed by atoms with E-state index in [2.05, 4.69) is 29.6 Å². The average Bonchev–Trinajstić information content (AvgIpc) is 2.77. The fraction of sp³-hybridized carbons (Fsp3) is 0.200. The maximum absolute atomic E-state index is 11.5. The Balaban J connectivity index is 1.68. The number of fused-ring (bicyclic) bond motifs is 5. The molecule has 1 aliphatic heterocycles. The predicted molar refractivity (Wildman–Crippen MR) is 117 cm³/mol. The third-order valence-corrected chi connectivity index (χ3v) is 6.49. The molecule has 0 saturated carbocycles. The summed E-state index contributed by atoms with van der Waals surface area (Å²) < 4.78 is 0. The van der Waals surface area contributed by atoms with Crippen molar-refractivity contribution in [2.45, 2.75) is 24.8 Å². The molecule has 1 aliphatic carbocycles. The summed E-state index contributed by atoms with van der Waals surface area (Å²) in [4.78, 5) is 11.5. The Morgan fingerprint density at radius 1 is 1.00 bits per heavy atom. The minimum absolute atomic E-state index is 0.0123. The first-order valence-electron chi connectivity index (χ1n) is 10.2. The number of hydrogen-bond acceptors (Lipinski definition) is 3. The molecule has 3 aromatic rings. The number of carboxylic acid groups (broad SMARTS) is 1. The molecule has 5 nitrogen and oxygen atoms in total. The lowest BCUT2D eigenvalue weighted by Gasteiger charge is -2.45. The molecule has 0 spiro atoms. The van der Waals surface area contributed by atoms with Crippen LogP contribution in [0.1, 0.15) is 56.6 Å². The van der Waals surface area contributed by atoms with E-state index >= 15 is 0 Å². The number of hydrogen-bond donors (Lipinski definition) is 4. The molecule has 3 unspecified atom stereocenters. The summed E-state index contributed by atoms with van der Waals surface area (Å²) in [5.41, 5.74) is 12.7. The van der Waals surface area contributed by atoms with Crippen LogP contribution < -0.4 is 11.1 Å². The quantitative estimate of drug-likeness (QED) is 0.385. The van der Waals surface area contributed by atoms with Crippen LogP contribution in [0, 0.1) is 11.3 Å². The summed E-state index contributed by atoms with van der Waals surface area (Å²) >= 11 is 0. The molecule has 0 amide bonds. The van der Waals surface area contributed by atoms with Crippen molar-refractivity contribution >= 4 is 17.5 Å². The van der Waals surface area contributed by atoms with Crippen molar-refractivity contribution in [3.05, 3.63) is 100 Å². The molecule has 5 heteroatoms. The molecule has 3 aromatic carbocycles. The van der Waals surface area contributed by atoms with E-state index in [0.29, 0.717) is 5.56 Å². The second kappa shape index (κ2) is 7.02. The minimum atomic E-state index is -0.912. The van der Waals surface area contributed by atoms with Crippen molar-refractivity contribution < 1.29 is 9.90 Å². The number of rotatable bonds is 3. The number of carboxylic acids is 1. The van der Waals surface area contributed by atoms with E-state index in [-0.39, 0.29) is 23.7 Å². The van der Waals surface area contributed by atoms with Crippen molar-refractivity contribution in [1.82, 2.24) is 0 Å². The van der Waals surface area contributed by atoms with Gasteiger partial charge in [0.15, 0.2) is 0 Å². The van der Waals surface area contributed by atoms with Gasteiger partial charge in [-0.05, 0) is 71.3 Å². The van der Waals surface area contributed by atoms with Gasteiger partial charge in [-0.3, -0.25) is 5.41 Å². The Hall–Kier alpha value is -3.60. The fourth-order valence-electron chi connectivity index (χ4n) is 5.13. The second-order valence-corrected chi connectivity index (χ2v) is 8.15. The van der Waals surface area contributed by atoms with Gasteiger partial charge in [-0.2, -0.15) is 0 Å². The van der Waals surface area contributed by atoms with E-state index in [9.17, 15) is 9.90 Å². The number of carbonyl (C=O) groups is 1. The molecule has 150 valence electrons. The third-order valence-electron chi connectivity index (χ3n) is 6.49. The molecular weight excluding hydrogens is 374 g/mol. The first-order chi connectivity index (χ1) is 14.5. The molecule has 1 heterocycles. The highest BCUT2D eigenvalue weighted by molar-refractivity contribution is 5.95. The van der Waals surface area contributed by atoms with Crippen LogP contribution in [0.4, 0.5) is 5.69 Å². The van der Waals surface area contributed by atoms with Gasteiger partial charge in [0.05, 0.1) is 11.6 Å². The molecule has 5 N–H and O–H groups in total. The number of aromatic carboxylic acids is 1. The summed E-state index contributed by atoms with van der Waals surface area (Å²) in [6.07, 6.45) is 2.00. The van der Waals surface area contributed by atoms with Crippen LogP contribution in [0.5, 0.6) is 0 Å². The highest BCUT2D eigenvalue weighted by Gasteiger charge is 2.41. The molecule has 2 aliphatic rings. The second-order valence-electron chi connectivity index (χ2n) is 8.15. The Labute approximate surface area is 175 Å². The van der Waals surface area contributed by atoms with Gasteiger partial charge in [-0.25, -0.2) is 4.79 Å². The van der Waals surface area contributed by atoms with Crippen LogP contribution in [0.25, 0.3) is 0 Å². The normalized spacial score (nSPS) is 21.5. The Morgan fingerprint density at radius 3 is 2.63 bits per heavy atom. The average molecular weight is 397 g/mol. The minimum Gasteiger partial charge on any atom is -0.478 e. The zero-order valence-electron chi connectivity index (χ0n) is 16.4. The van der Waals surface area contributed by atoms with E-state index in [1.165, 1.54) is 11.1 Å². The fourth-order valence-corrected chi connectivity index (χ4v) is 5.13. The number of anilines is 1. The molecule has 5 rings (SSSR count). The number of benzene rings is 3. The number of nitrogens with two attached hydrogens (primary N) is 1. The maximum atomic E-state index is 11.5. The van der Waals surface area contributed by atoms with Crippen molar-refractivity contribution in [1.29, 1.82) is 5.41 Å². The molecule has 30 heavy (non-hydrogen) atoms. The standard InChI is InChI=1S/C25H23N3O2/c26-24(27)16-9-11-21-20(13-16)22-18-7-2-1-4-14(18)8-10-19(22)23(28-21)15-5-3-6-17(12-15)25(29)30/h1-7,9,11-13,19,22-23,28H,8,10H2,(H3,26,27)(H,29,30). The number of nitrogens with one attached hydrogen (secondary N) is 2. The monoisotopic (exact) mass is 397 g/mol. The number of aryl methyl sites for hydroxylation is 1. The molecule has 3 atom stereocenters. The Bertz CT molecular complexity index is 1170. The summed E-state index contributed by atoms with van der Waals surface area (Å²) in [5, 5.41) is 21.0. The Morgan fingerprint density at radius 2 is 1.83 bits per heavy atom. The summed E-state index contributed by atoms with van der Waals surface area (Å²) in [5.74, 6) is -0.401. The number of nitrogen functional groups attached to an aromatic ring is 1. The van der Waals surface area contributed by atoms with Crippen LogP contribution in [0.2, 0.25) is 0 Å². The van der Waals surface area contributed by atoms with Crippen molar-refractivity contribution in [3.63, 3.8) is 0 Å². The highest BCUT2D eigenvalue weighted by atomic mass is 16.4. The van der Waals surface area contributed by atoms with Crippen LogP contribution in [-0.2, 0) is 6.42 Å². The van der Waals surface area contributed by atoms with Crippen LogP contribution in [0.15, 0.2) is 66.7 Å². The first kappa shape index (κ1) is 18.4. The van der Waals surface area contributed by atoms with Crippen molar-refractivity contribution in [2.24, 2.45) is 11.7 Å². The van der Waals surface area contributed by atoms with Crippen LogP contribution in [0.3, 0.4) is 0 Å². The molecule has 0 saturated heterocycles. The van der Waals surface area contributed by atoms with Crippen LogP contribution >= 0.6 is 0 Å². The SMILES string of the molecule is N=C(N)c1ccc2c(c1)C1c3ccccc3CCC1C(c1cccc(C(=O)O)c1)N2. The van der Waals surface area contributed by atoms with Gasteiger partial charge in [0.2, 0.25) is 0 Å². The smallest absolute Gasteiger partial charge is 0.335 e. The summed E-state index contributed by atoms with van der Waals surface area (Å²) in [7, 11) is 0. The van der Waals surface area contributed by atoms with E-state index in [0.717, 1.165) is 35.2 Å². The first-order valence-corrected chi connectivity index (χ1v) is 10.2. The van der Waals surface area contributed by atoms with Gasteiger partial charge < -0.3 is 16.2 Å². The molecule has 0 aromatic heterocycles. The highest BCUT2D eigenvalue weighted by Crippen LogP contribution is 2.52. The molecular formula is C25H23N3O2. The molecule has 0 fully saturated rings. The lowest BCUT2D eigenvalue weighted by atomic mass is 9.65. The maximum Gasteiger partial charge on any atom is 0.335 e. The summed E-state index contributed by atoms with van der Waals surface area (Å²) in [6.45, 7) is 0. The van der Waals surface area contributed by atoms with Gasteiger partial charge in [0.25, 0.3) is 0 Å². The topological polar surface area (TPSA) is 99.2 Å². The molecule has 0 bridgehead atoms. The lowest BCUT2D eigenvalue weighted by molar-refractivity contribution is 0.0696. The van der Waals surface area contributed by atoms with Gasteiger partial charge >= 0.3 is 5.97 Å². The lowest BCUT2D eigenvalue weighted by Crippen LogP contribution is -2.35. The van der Waals surface area contributed by atoms with E-state index in [4.69, 9.17) is 11.1 Å².